The fraction of sp³-hybridized carbons (Fsp3) is 0.520. The lowest BCUT2D eigenvalue weighted by Gasteiger charge is -2.26. The average Bonchev–Trinajstić information content (AvgIpc) is 2.67. The van der Waals surface area contributed by atoms with Crippen molar-refractivity contribution in [3.05, 3.63) is 60.7 Å². The number of unbranched alkanes of at least 4 members (excludes halogenated alkanes) is 1. The van der Waals surface area contributed by atoms with Gasteiger partial charge in [-0.1, -0.05) is 108 Å². The lowest BCUT2D eigenvalue weighted by Crippen LogP contribution is -2.22. The Hall–Kier alpha value is -1.33. The van der Waals surface area contributed by atoms with Crippen LogP contribution < -0.4 is 10.6 Å². The highest BCUT2D eigenvalue weighted by Gasteiger charge is 2.29. The first-order chi connectivity index (χ1) is 13.0. The van der Waals surface area contributed by atoms with Gasteiger partial charge in [-0.15, -0.1) is 0 Å². The molecule has 0 saturated heterocycles. The maximum absolute atomic E-state index is 14.2. The molecule has 0 saturated carbocycles. The van der Waals surface area contributed by atoms with E-state index in [9.17, 15) is 4.57 Å². The van der Waals surface area contributed by atoms with Crippen LogP contribution in [0.2, 0.25) is 0 Å². The van der Waals surface area contributed by atoms with Crippen LogP contribution in [-0.2, 0) is 4.57 Å². The summed E-state index contributed by atoms with van der Waals surface area (Å²) in [6.45, 7) is 9.30. The Balaban J connectivity index is 2.09. The number of benzene rings is 2. The standard InChI is InChI=1S/C25H37OP/c1-5-6-13-21(2)18-22(3)19-23(4)20-27(26,24-14-9-7-10-15-24)25-16-11-8-12-17-25/h7-12,14-17,21-23H,5-6,13,18-20H2,1-4H3. The fourth-order valence-electron chi connectivity index (χ4n) is 4.35. The van der Waals surface area contributed by atoms with Gasteiger partial charge in [0, 0.05) is 16.8 Å². The summed E-state index contributed by atoms with van der Waals surface area (Å²) in [5.74, 6) is 1.93. The Bertz CT molecular complexity index is 651. The molecular formula is C25H37OP. The molecule has 0 N–H and O–H groups in total. The number of hydrogen-bond donors (Lipinski definition) is 0. The van der Waals surface area contributed by atoms with Crippen molar-refractivity contribution in [1.29, 1.82) is 0 Å². The van der Waals surface area contributed by atoms with Crippen LogP contribution in [0, 0.1) is 17.8 Å². The van der Waals surface area contributed by atoms with Gasteiger partial charge in [-0.3, -0.25) is 0 Å². The molecular weight excluding hydrogens is 347 g/mol. The average molecular weight is 385 g/mol. The predicted octanol–water partition coefficient (Wildman–Crippen LogP) is 6.88. The quantitative estimate of drug-likeness (QED) is 0.386. The summed E-state index contributed by atoms with van der Waals surface area (Å²) in [5, 5.41) is 1.99. The van der Waals surface area contributed by atoms with Crippen LogP contribution in [0.15, 0.2) is 60.7 Å². The van der Waals surface area contributed by atoms with E-state index < -0.39 is 7.14 Å². The van der Waals surface area contributed by atoms with Gasteiger partial charge < -0.3 is 4.57 Å². The molecule has 0 heterocycles. The molecule has 0 spiro atoms. The van der Waals surface area contributed by atoms with Crippen LogP contribution >= 0.6 is 7.14 Å². The van der Waals surface area contributed by atoms with Gasteiger partial charge in [0.2, 0.25) is 0 Å². The first-order valence-corrected chi connectivity index (χ1v) is 12.5. The van der Waals surface area contributed by atoms with Crippen molar-refractivity contribution in [2.75, 3.05) is 6.16 Å². The summed E-state index contributed by atoms with van der Waals surface area (Å²) in [4.78, 5) is 0. The highest BCUT2D eigenvalue weighted by molar-refractivity contribution is 7.78. The second-order valence-corrected chi connectivity index (χ2v) is 11.4. The van der Waals surface area contributed by atoms with E-state index in [0.717, 1.165) is 29.1 Å². The van der Waals surface area contributed by atoms with Crippen molar-refractivity contribution in [2.24, 2.45) is 17.8 Å². The summed E-state index contributed by atoms with van der Waals surface area (Å²) >= 11 is 0. The van der Waals surface area contributed by atoms with Crippen LogP contribution in [0.5, 0.6) is 0 Å². The molecule has 0 bridgehead atoms. The minimum atomic E-state index is -2.59. The van der Waals surface area contributed by atoms with Gasteiger partial charge in [0.1, 0.15) is 7.14 Å². The zero-order valence-corrected chi connectivity index (χ0v) is 18.5. The minimum Gasteiger partial charge on any atom is -0.314 e. The lowest BCUT2D eigenvalue weighted by molar-refractivity contribution is 0.339. The van der Waals surface area contributed by atoms with E-state index in [-0.39, 0.29) is 0 Å². The summed E-state index contributed by atoms with van der Waals surface area (Å²) in [5.41, 5.74) is 0. The highest BCUT2D eigenvalue weighted by Crippen LogP contribution is 2.46. The predicted molar refractivity (Wildman–Crippen MR) is 121 cm³/mol. The lowest BCUT2D eigenvalue weighted by atomic mass is 9.88. The molecule has 0 amide bonds. The third-order valence-corrected chi connectivity index (χ3v) is 8.98. The first-order valence-electron chi connectivity index (χ1n) is 10.7. The van der Waals surface area contributed by atoms with Crippen LogP contribution in [0.3, 0.4) is 0 Å². The normalized spacial score (nSPS) is 15.3. The van der Waals surface area contributed by atoms with E-state index in [1.165, 1.54) is 25.7 Å². The van der Waals surface area contributed by atoms with E-state index in [1.54, 1.807) is 0 Å². The summed E-state index contributed by atoms with van der Waals surface area (Å²) in [6.07, 6.45) is 7.15. The van der Waals surface area contributed by atoms with E-state index in [0.29, 0.717) is 11.8 Å². The molecule has 0 aliphatic rings. The third-order valence-electron chi connectivity index (χ3n) is 5.58. The largest absolute Gasteiger partial charge is 0.314 e. The van der Waals surface area contributed by atoms with Crippen molar-refractivity contribution in [2.45, 2.75) is 59.8 Å². The minimum absolute atomic E-state index is 0.449. The molecule has 0 fully saturated rings. The number of hydrogen-bond acceptors (Lipinski definition) is 1. The van der Waals surface area contributed by atoms with E-state index >= 15 is 0 Å². The van der Waals surface area contributed by atoms with Gasteiger partial charge in [-0.25, -0.2) is 0 Å². The van der Waals surface area contributed by atoms with Crippen molar-refractivity contribution in [3.8, 4) is 0 Å². The molecule has 148 valence electrons. The SMILES string of the molecule is CCCCC(C)CC(C)CC(C)CP(=O)(c1ccccc1)c1ccccc1. The summed E-state index contributed by atoms with van der Waals surface area (Å²) < 4.78 is 14.2. The topological polar surface area (TPSA) is 17.1 Å². The second kappa shape index (κ2) is 10.9. The van der Waals surface area contributed by atoms with E-state index in [4.69, 9.17) is 0 Å². The van der Waals surface area contributed by atoms with Gasteiger partial charge in [0.05, 0.1) is 0 Å². The first kappa shape index (κ1) is 22.0. The molecule has 3 atom stereocenters. The van der Waals surface area contributed by atoms with Crippen LogP contribution in [0.4, 0.5) is 0 Å². The molecule has 0 aliphatic heterocycles. The molecule has 0 aliphatic carbocycles. The third kappa shape index (κ3) is 6.65. The van der Waals surface area contributed by atoms with Crippen molar-refractivity contribution in [3.63, 3.8) is 0 Å². The van der Waals surface area contributed by atoms with Gasteiger partial charge in [0.25, 0.3) is 0 Å². The molecule has 2 heteroatoms. The molecule has 2 aromatic rings. The maximum Gasteiger partial charge on any atom is 0.143 e. The van der Waals surface area contributed by atoms with Crippen molar-refractivity contribution < 1.29 is 4.57 Å². The molecule has 0 aromatic heterocycles. The zero-order valence-electron chi connectivity index (χ0n) is 17.6. The summed E-state index contributed by atoms with van der Waals surface area (Å²) in [6, 6.07) is 20.2. The highest BCUT2D eigenvalue weighted by atomic mass is 31.2. The molecule has 1 nitrogen and oxygen atoms in total. The fourth-order valence-corrected chi connectivity index (χ4v) is 7.41. The summed E-state index contributed by atoms with van der Waals surface area (Å²) in [7, 11) is -2.59. The Morgan fingerprint density at radius 1 is 0.741 bits per heavy atom. The van der Waals surface area contributed by atoms with Crippen LogP contribution in [0.25, 0.3) is 0 Å². The molecule has 27 heavy (non-hydrogen) atoms. The molecule has 0 radical (unpaired) electrons. The van der Waals surface area contributed by atoms with Crippen LogP contribution in [0.1, 0.15) is 59.8 Å². The van der Waals surface area contributed by atoms with E-state index in [1.807, 2.05) is 60.7 Å². The number of rotatable bonds is 11. The van der Waals surface area contributed by atoms with Gasteiger partial charge in [0.15, 0.2) is 0 Å². The van der Waals surface area contributed by atoms with Gasteiger partial charge in [-0.05, 0) is 30.6 Å². The van der Waals surface area contributed by atoms with Gasteiger partial charge in [-0.2, -0.15) is 0 Å². The second-order valence-electron chi connectivity index (χ2n) is 8.52. The maximum atomic E-state index is 14.2. The Kier molecular flexibility index (Phi) is 8.84. The Morgan fingerprint density at radius 3 is 1.70 bits per heavy atom. The van der Waals surface area contributed by atoms with E-state index in [2.05, 4.69) is 27.7 Å². The molecule has 3 unspecified atom stereocenters. The monoisotopic (exact) mass is 384 g/mol. The van der Waals surface area contributed by atoms with Crippen molar-refractivity contribution in [1.82, 2.24) is 0 Å². The van der Waals surface area contributed by atoms with Crippen LogP contribution in [-0.4, -0.2) is 6.16 Å². The van der Waals surface area contributed by atoms with Gasteiger partial charge >= 0.3 is 0 Å². The molecule has 2 rings (SSSR count). The zero-order chi connectivity index (χ0) is 19.7. The smallest absolute Gasteiger partial charge is 0.143 e. The molecule has 2 aromatic carbocycles. The van der Waals surface area contributed by atoms with Crippen molar-refractivity contribution >= 4 is 17.8 Å². The Morgan fingerprint density at radius 2 is 1.22 bits per heavy atom. The Labute approximate surface area is 167 Å².